The third-order valence-corrected chi connectivity index (χ3v) is 6.66. The average molecular weight is 402 g/mol. The Kier molecular flexibility index (Phi) is 5.54. The average Bonchev–Trinajstić information content (AvgIpc) is 3.20. The second kappa shape index (κ2) is 8.06. The molecule has 0 unspecified atom stereocenters. The van der Waals surface area contributed by atoms with Crippen molar-refractivity contribution in [3.63, 3.8) is 0 Å². The molecule has 0 aliphatic carbocycles. The Bertz CT molecular complexity index is 957. The summed E-state index contributed by atoms with van der Waals surface area (Å²) >= 11 is 3.38. The zero-order chi connectivity index (χ0) is 18.8. The van der Waals surface area contributed by atoms with E-state index in [4.69, 9.17) is 4.74 Å². The van der Waals surface area contributed by atoms with Gasteiger partial charge in [-0.1, -0.05) is 12.1 Å². The lowest BCUT2D eigenvalue weighted by Gasteiger charge is -2.26. The summed E-state index contributed by atoms with van der Waals surface area (Å²) in [5, 5.41) is 3.09. The first-order valence-electron chi connectivity index (χ1n) is 9.01. The maximum atomic E-state index is 13.1. The van der Waals surface area contributed by atoms with E-state index in [1.54, 1.807) is 23.1 Å². The number of para-hydroxylation sites is 1. The van der Waals surface area contributed by atoms with Crippen molar-refractivity contribution >= 4 is 44.9 Å². The summed E-state index contributed by atoms with van der Waals surface area (Å²) in [5.41, 5.74) is 3.65. The number of hydrogen-bond donors (Lipinski definition) is 2. The van der Waals surface area contributed by atoms with Crippen molar-refractivity contribution in [3.05, 3.63) is 46.5 Å². The molecule has 2 aromatic heterocycles. The highest BCUT2D eigenvalue weighted by Crippen LogP contribution is 2.33. The highest BCUT2D eigenvalue weighted by atomic mass is 32.2. The summed E-state index contributed by atoms with van der Waals surface area (Å²) in [5.74, 6) is -0.0826. The van der Waals surface area contributed by atoms with Gasteiger partial charge in [-0.3, -0.25) is 9.69 Å². The van der Waals surface area contributed by atoms with Crippen LogP contribution < -0.4 is 5.32 Å². The van der Waals surface area contributed by atoms with Gasteiger partial charge in [0.05, 0.1) is 29.1 Å². The highest BCUT2D eigenvalue weighted by molar-refractivity contribution is 7.98. The predicted molar refractivity (Wildman–Crippen MR) is 113 cm³/mol. The number of ether oxygens (including phenoxy) is 1. The van der Waals surface area contributed by atoms with E-state index in [1.807, 2.05) is 30.5 Å². The minimum Gasteiger partial charge on any atom is -0.379 e. The van der Waals surface area contributed by atoms with Gasteiger partial charge in [0.1, 0.15) is 5.69 Å². The number of hydrogen-bond acceptors (Lipinski definition) is 5. The van der Waals surface area contributed by atoms with Crippen molar-refractivity contribution in [2.45, 2.75) is 18.4 Å². The number of nitrogens with zero attached hydrogens (tertiary/aromatic N) is 1. The number of aromatic amines is 1. The molecular weight excluding hydrogens is 378 g/mol. The van der Waals surface area contributed by atoms with Gasteiger partial charge in [-0.25, -0.2) is 0 Å². The van der Waals surface area contributed by atoms with Crippen LogP contribution in [0.15, 0.2) is 35.2 Å². The first-order chi connectivity index (χ1) is 13.2. The van der Waals surface area contributed by atoms with Gasteiger partial charge in [0.25, 0.3) is 5.91 Å². The second-order valence-electron chi connectivity index (χ2n) is 6.62. The number of aromatic nitrogens is 1. The second-order valence-corrected chi connectivity index (χ2v) is 8.73. The molecule has 27 heavy (non-hydrogen) atoms. The number of benzene rings is 1. The van der Waals surface area contributed by atoms with E-state index < -0.39 is 0 Å². The molecule has 0 atom stereocenters. The van der Waals surface area contributed by atoms with Crippen LogP contribution in [0.5, 0.6) is 0 Å². The molecular formula is C20H23N3O2S2. The van der Waals surface area contributed by atoms with Crippen molar-refractivity contribution in [3.8, 4) is 0 Å². The minimum absolute atomic E-state index is 0.0826. The predicted octanol–water partition coefficient (Wildman–Crippen LogP) is 4.34. The molecule has 0 saturated carbocycles. The number of H-pyrrole nitrogens is 1. The van der Waals surface area contributed by atoms with Crippen molar-refractivity contribution in [2.24, 2.45) is 0 Å². The molecule has 7 heteroatoms. The van der Waals surface area contributed by atoms with E-state index in [-0.39, 0.29) is 5.91 Å². The third kappa shape index (κ3) is 3.91. The van der Waals surface area contributed by atoms with E-state index >= 15 is 0 Å². The monoisotopic (exact) mass is 401 g/mol. The van der Waals surface area contributed by atoms with Crippen LogP contribution in [-0.4, -0.2) is 48.4 Å². The molecule has 1 aliphatic rings. The van der Waals surface area contributed by atoms with Crippen LogP contribution in [0, 0.1) is 6.92 Å². The minimum atomic E-state index is -0.0826. The number of anilines is 1. The van der Waals surface area contributed by atoms with E-state index in [1.165, 1.54) is 9.58 Å². The molecule has 1 aromatic carbocycles. The van der Waals surface area contributed by atoms with Crippen molar-refractivity contribution in [2.75, 3.05) is 37.9 Å². The van der Waals surface area contributed by atoms with E-state index in [0.29, 0.717) is 5.69 Å². The molecule has 0 spiro atoms. The Morgan fingerprint density at radius 2 is 2.11 bits per heavy atom. The summed E-state index contributed by atoms with van der Waals surface area (Å²) in [7, 11) is 0. The van der Waals surface area contributed by atoms with Crippen LogP contribution in [0.3, 0.4) is 0 Å². The fourth-order valence-corrected chi connectivity index (χ4v) is 4.98. The molecule has 4 rings (SSSR count). The van der Waals surface area contributed by atoms with Crippen LogP contribution >= 0.6 is 23.1 Å². The lowest BCUT2D eigenvalue weighted by atomic mass is 10.2. The molecule has 1 saturated heterocycles. The Hall–Kier alpha value is -1.80. The third-order valence-electron chi connectivity index (χ3n) is 4.76. The van der Waals surface area contributed by atoms with Gasteiger partial charge < -0.3 is 15.0 Å². The first kappa shape index (κ1) is 18.6. The van der Waals surface area contributed by atoms with Crippen molar-refractivity contribution in [1.82, 2.24) is 9.88 Å². The van der Waals surface area contributed by atoms with E-state index in [0.717, 1.165) is 54.5 Å². The van der Waals surface area contributed by atoms with Gasteiger partial charge in [-0.05, 0) is 31.4 Å². The summed E-state index contributed by atoms with van der Waals surface area (Å²) < 4.78 is 6.65. The highest BCUT2D eigenvalue weighted by Gasteiger charge is 2.23. The van der Waals surface area contributed by atoms with Gasteiger partial charge in [0.15, 0.2) is 0 Å². The molecule has 5 nitrogen and oxygen atoms in total. The Morgan fingerprint density at radius 1 is 1.33 bits per heavy atom. The standard InChI is InChI=1S/C20H23N3O2S2/c1-13-11-16-19(27-13)14(12-23-7-9-25-10-8-23)18(21-16)20(24)22-15-5-3-4-6-17(15)26-2/h3-6,11,21H,7-10,12H2,1-2H3,(H,22,24). The lowest BCUT2D eigenvalue weighted by Crippen LogP contribution is -2.36. The molecule has 3 heterocycles. The van der Waals surface area contributed by atoms with Gasteiger partial charge >= 0.3 is 0 Å². The fourth-order valence-electron chi connectivity index (χ4n) is 3.42. The molecule has 1 fully saturated rings. The molecule has 0 radical (unpaired) electrons. The van der Waals surface area contributed by atoms with Crippen LogP contribution in [-0.2, 0) is 11.3 Å². The maximum absolute atomic E-state index is 13.1. The van der Waals surface area contributed by atoms with Gasteiger partial charge in [0, 0.05) is 35.0 Å². The molecule has 142 valence electrons. The zero-order valence-electron chi connectivity index (χ0n) is 15.5. The van der Waals surface area contributed by atoms with Crippen LogP contribution in [0.2, 0.25) is 0 Å². The number of morpholine rings is 1. The topological polar surface area (TPSA) is 57.4 Å². The zero-order valence-corrected chi connectivity index (χ0v) is 17.1. The molecule has 0 bridgehead atoms. The number of thioether (sulfide) groups is 1. The van der Waals surface area contributed by atoms with Crippen LogP contribution in [0.4, 0.5) is 5.69 Å². The van der Waals surface area contributed by atoms with Gasteiger partial charge in [-0.15, -0.1) is 23.1 Å². The maximum Gasteiger partial charge on any atom is 0.272 e. The van der Waals surface area contributed by atoms with Crippen molar-refractivity contribution < 1.29 is 9.53 Å². The summed E-state index contributed by atoms with van der Waals surface area (Å²) in [6.07, 6.45) is 2.02. The number of aryl methyl sites for hydroxylation is 1. The largest absolute Gasteiger partial charge is 0.379 e. The van der Waals surface area contributed by atoms with E-state index in [2.05, 4.69) is 28.2 Å². The smallest absolute Gasteiger partial charge is 0.272 e. The van der Waals surface area contributed by atoms with Crippen LogP contribution in [0.1, 0.15) is 20.9 Å². The number of carbonyl (C=O) groups excluding carboxylic acids is 1. The van der Waals surface area contributed by atoms with Gasteiger partial charge in [-0.2, -0.15) is 0 Å². The molecule has 1 amide bonds. The Balaban J connectivity index is 1.66. The van der Waals surface area contributed by atoms with Gasteiger partial charge in [0.2, 0.25) is 0 Å². The number of nitrogens with one attached hydrogen (secondary N) is 2. The quantitative estimate of drug-likeness (QED) is 0.624. The molecule has 2 N–H and O–H groups in total. The fraction of sp³-hybridized carbons (Fsp3) is 0.350. The first-order valence-corrected chi connectivity index (χ1v) is 11.1. The normalized spacial score (nSPS) is 15.3. The Labute approximate surface area is 167 Å². The summed E-state index contributed by atoms with van der Waals surface area (Å²) in [6.45, 7) is 6.15. The summed E-state index contributed by atoms with van der Waals surface area (Å²) in [6, 6.07) is 10.0. The Morgan fingerprint density at radius 3 is 2.89 bits per heavy atom. The number of amides is 1. The number of fused-ring (bicyclic) bond motifs is 1. The molecule has 1 aliphatic heterocycles. The van der Waals surface area contributed by atoms with Crippen LogP contribution in [0.25, 0.3) is 10.2 Å². The van der Waals surface area contributed by atoms with Crippen molar-refractivity contribution in [1.29, 1.82) is 0 Å². The van der Waals surface area contributed by atoms with E-state index in [9.17, 15) is 4.79 Å². The number of thiophene rings is 1. The number of rotatable bonds is 5. The SMILES string of the molecule is CSc1ccccc1NC(=O)c1[nH]c2cc(C)sc2c1CN1CCOCC1. The molecule has 3 aromatic rings. The number of carbonyl (C=O) groups is 1. The summed E-state index contributed by atoms with van der Waals surface area (Å²) in [4.78, 5) is 21.1. The lowest BCUT2D eigenvalue weighted by molar-refractivity contribution is 0.0343.